The molecule has 0 unspecified atom stereocenters. The van der Waals surface area contributed by atoms with Crippen molar-refractivity contribution in [1.29, 1.82) is 0 Å². The van der Waals surface area contributed by atoms with Gasteiger partial charge in [0.25, 0.3) is 0 Å². The first-order chi connectivity index (χ1) is 8.61. The zero-order chi connectivity index (χ0) is 13.0. The Labute approximate surface area is 108 Å². The van der Waals surface area contributed by atoms with Crippen LogP contribution in [0.2, 0.25) is 0 Å². The lowest BCUT2D eigenvalue weighted by atomic mass is 9.89. The van der Waals surface area contributed by atoms with Crippen LogP contribution in [0.15, 0.2) is 36.4 Å². The van der Waals surface area contributed by atoms with Crippen molar-refractivity contribution in [2.24, 2.45) is 11.1 Å². The Balaban J connectivity index is 2.08. The van der Waals surface area contributed by atoms with E-state index in [9.17, 15) is 0 Å². The smallest absolute Gasteiger partial charge is 0.126 e. The van der Waals surface area contributed by atoms with Crippen LogP contribution in [0.25, 0.3) is 10.9 Å². The van der Waals surface area contributed by atoms with Crippen LogP contribution in [-0.2, 0) is 0 Å². The van der Waals surface area contributed by atoms with Gasteiger partial charge in [-0.25, -0.2) is 4.98 Å². The fourth-order valence-electron chi connectivity index (χ4n) is 1.97. The fourth-order valence-corrected chi connectivity index (χ4v) is 1.97. The summed E-state index contributed by atoms with van der Waals surface area (Å²) >= 11 is 0. The van der Waals surface area contributed by atoms with Crippen LogP contribution in [-0.4, -0.2) is 18.1 Å². The van der Waals surface area contributed by atoms with E-state index in [0.717, 1.165) is 30.8 Å². The summed E-state index contributed by atoms with van der Waals surface area (Å²) in [6.07, 6.45) is 1.01. The molecule has 0 aliphatic carbocycles. The Morgan fingerprint density at radius 3 is 2.72 bits per heavy atom. The molecular weight excluding hydrogens is 222 g/mol. The predicted molar refractivity (Wildman–Crippen MR) is 77.7 cm³/mol. The van der Waals surface area contributed by atoms with E-state index in [1.54, 1.807) is 0 Å². The van der Waals surface area contributed by atoms with E-state index < -0.39 is 0 Å². The highest BCUT2D eigenvalue weighted by atomic mass is 15.0. The molecule has 0 saturated carbocycles. The number of hydrogen-bond acceptors (Lipinski definition) is 3. The third-order valence-corrected chi connectivity index (χ3v) is 3.17. The lowest BCUT2D eigenvalue weighted by Gasteiger charge is -2.24. The Morgan fingerprint density at radius 1 is 1.17 bits per heavy atom. The molecule has 0 saturated heterocycles. The van der Waals surface area contributed by atoms with Crippen LogP contribution in [0.1, 0.15) is 20.3 Å². The van der Waals surface area contributed by atoms with Crippen LogP contribution in [0.5, 0.6) is 0 Å². The van der Waals surface area contributed by atoms with Gasteiger partial charge in [-0.3, -0.25) is 0 Å². The van der Waals surface area contributed by atoms with E-state index in [2.05, 4.69) is 36.3 Å². The molecule has 0 aliphatic rings. The summed E-state index contributed by atoms with van der Waals surface area (Å²) in [7, 11) is 0. The molecule has 0 amide bonds. The van der Waals surface area contributed by atoms with Crippen LogP contribution in [0.3, 0.4) is 0 Å². The fraction of sp³-hybridized carbons (Fsp3) is 0.400. The van der Waals surface area contributed by atoms with Gasteiger partial charge in [0.2, 0.25) is 0 Å². The van der Waals surface area contributed by atoms with Crippen LogP contribution >= 0.6 is 0 Å². The number of benzene rings is 1. The topological polar surface area (TPSA) is 50.9 Å². The first-order valence-electron chi connectivity index (χ1n) is 6.40. The van der Waals surface area contributed by atoms with Gasteiger partial charge in [-0.05, 0) is 36.6 Å². The molecule has 1 aromatic heterocycles. The lowest BCUT2D eigenvalue weighted by molar-refractivity contribution is 0.365. The number of fused-ring (bicyclic) bond motifs is 1. The highest BCUT2D eigenvalue weighted by Gasteiger charge is 2.16. The number of rotatable bonds is 5. The van der Waals surface area contributed by atoms with E-state index >= 15 is 0 Å². The molecule has 0 spiro atoms. The highest BCUT2D eigenvalue weighted by molar-refractivity contribution is 5.80. The Bertz CT molecular complexity index is 520. The molecule has 0 fully saturated rings. The average molecular weight is 243 g/mol. The Hall–Kier alpha value is -1.61. The van der Waals surface area contributed by atoms with E-state index in [1.165, 1.54) is 5.39 Å². The molecule has 96 valence electrons. The molecule has 3 nitrogen and oxygen atoms in total. The van der Waals surface area contributed by atoms with E-state index in [1.807, 2.05) is 24.3 Å². The molecular formula is C15H21N3. The van der Waals surface area contributed by atoms with Gasteiger partial charge < -0.3 is 11.1 Å². The largest absolute Gasteiger partial charge is 0.370 e. The van der Waals surface area contributed by atoms with Crippen molar-refractivity contribution >= 4 is 16.7 Å². The summed E-state index contributed by atoms with van der Waals surface area (Å²) < 4.78 is 0. The number of nitrogens with zero attached hydrogens (tertiary/aromatic N) is 1. The number of para-hydroxylation sites is 1. The van der Waals surface area contributed by atoms with Crippen LogP contribution in [0.4, 0.5) is 5.82 Å². The maximum absolute atomic E-state index is 5.61. The number of pyridine rings is 1. The SMILES string of the molecule is CC(C)(CCN)CNc1ccc2ccccc2n1. The molecule has 0 bridgehead atoms. The molecule has 0 radical (unpaired) electrons. The lowest BCUT2D eigenvalue weighted by Crippen LogP contribution is -2.26. The number of nitrogens with one attached hydrogen (secondary N) is 1. The molecule has 2 aromatic rings. The maximum Gasteiger partial charge on any atom is 0.126 e. The zero-order valence-corrected chi connectivity index (χ0v) is 11.1. The summed E-state index contributed by atoms with van der Waals surface area (Å²) in [5, 5.41) is 4.57. The van der Waals surface area contributed by atoms with Gasteiger partial charge in [0.05, 0.1) is 5.52 Å². The molecule has 18 heavy (non-hydrogen) atoms. The molecule has 0 aliphatic heterocycles. The third kappa shape index (κ3) is 3.20. The third-order valence-electron chi connectivity index (χ3n) is 3.17. The van der Waals surface area contributed by atoms with Crippen molar-refractivity contribution in [3.05, 3.63) is 36.4 Å². The molecule has 2 rings (SSSR count). The van der Waals surface area contributed by atoms with E-state index in [-0.39, 0.29) is 5.41 Å². The second kappa shape index (κ2) is 5.36. The van der Waals surface area contributed by atoms with Crippen molar-refractivity contribution in [1.82, 2.24) is 4.98 Å². The van der Waals surface area contributed by atoms with Crippen molar-refractivity contribution < 1.29 is 0 Å². The predicted octanol–water partition coefficient (Wildman–Crippen LogP) is 3.02. The van der Waals surface area contributed by atoms with E-state index in [0.29, 0.717) is 0 Å². The van der Waals surface area contributed by atoms with Crippen molar-refractivity contribution in [2.75, 3.05) is 18.4 Å². The van der Waals surface area contributed by atoms with Gasteiger partial charge in [-0.1, -0.05) is 32.0 Å². The number of hydrogen-bond donors (Lipinski definition) is 2. The summed E-state index contributed by atoms with van der Waals surface area (Å²) in [5.74, 6) is 0.929. The number of aromatic nitrogens is 1. The van der Waals surface area contributed by atoms with E-state index in [4.69, 9.17) is 5.73 Å². The standard InChI is InChI=1S/C15H21N3/c1-15(2,9-10-16)11-17-14-8-7-12-5-3-4-6-13(12)18-14/h3-8H,9-11,16H2,1-2H3,(H,17,18). The minimum atomic E-state index is 0.197. The molecule has 3 heteroatoms. The summed E-state index contributed by atoms with van der Waals surface area (Å²) in [6, 6.07) is 12.3. The molecule has 0 atom stereocenters. The second-order valence-electron chi connectivity index (χ2n) is 5.45. The van der Waals surface area contributed by atoms with Gasteiger partial charge in [-0.2, -0.15) is 0 Å². The van der Waals surface area contributed by atoms with Crippen LogP contribution in [0, 0.1) is 5.41 Å². The van der Waals surface area contributed by atoms with Crippen molar-refractivity contribution in [3.8, 4) is 0 Å². The monoisotopic (exact) mass is 243 g/mol. The van der Waals surface area contributed by atoms with Gasteiger partial charge in [0.1, 0.15) is 5.82 Å². The van der Waals surface area contributed by atoms with Gasteiger partial charge in [-0.15, -0.1) is 0 Å². The quantitative estimate of drug-likeness (QED) is 0.848. The highest BCUT2D eigenvalue weighted by Crippen LogP contribution is 2.21. The van der Waals surface area contributed by atoms with Crippen molar-refractivity contribution in [3.63, 3.8) is 0 Å². The summed E-state index contributed by atoms with van der Waals surface area (Å²) in [4.78, 5) is 4.60. The normalized spacial score (nSPS) is 11.7. The Morgan fingerprint density at radius 2 is 1.94 bits per heavy atom. The number of nitrogens with two attached hydrogens (primary N) is 1. The number of anilines is 1. The first-order valence-corrected chi connectivity index (χ1v) is 6.40. The Kier molecular flexibility index (Phi) is 3.82. The molecule has 3 N–H and O–H groups in total. The van der Waals surface area contributed by atoms with Crippen molar-refractivity contribution in [2.45, 2.75) is 20.3 Å². The van der Waals surface area contributed by atoms with Crippen LogP contribution < -0.4 is 11.1 Å². The summed E-state index contributed by atoms with van der Waals surface area (Å²) in [6.45, 7) is 6.04. The van der Waals surface area contributed by atoms with Gasteiger partial charge in [0.15, 0.2) is 0 Å². The van der Waals surface area contributed by atoms with Gasteiger partial charge in [0, 0.05) is 11.9 Å². The second-order valence-corrected chi connectivity index (χ2v) is 5.45. The molecule has 1 aromatic carbocycles. The minimum Gasteiger partial charge on any atom is -0.370 e. The first kappa shape index (κ1) is 12.8. The summed E-state index contributed by atoms with van der Waals surface area (Å²) in [5.41, 5.74) is 6.84. The average Bonchev–Trinajstić information content (AvgIpc) is 2.36. The van der Waals surface area contributed by atoms with Gasteiger partial charge >= 0.3 is 0 Å². The maximum atomic E-state index is 5.61. The molecule has 1 heterocycles. The zero-order valence-electron chi connectivity index (χ0n) is 11.1. The minimum absolute atomic E-state index is 0.197.